The normalized spacial score (nSPS) is 11.5. The van der Waals surface area contributed by atoms with E-state index in [-0.39, 0.29) is 0 Å². The lowest BCUT2D eigenvalue weighted by Crippen LogP contribution is -1.80. The van der Waals surface area contributed by atoms with Crippen molar-refractivity contribution in [1.82, 2.24) is 0 Å². The summed E-state index contributed by atoms with van der Waals surface area (Å²) in [5.41, 5.74) is 0. The molecule has 0 aliphatic carbocycles. The van der Waals surface area contributed by atoms with E-state index < -0.39 is 0 Å². The molecule has 0 aliphatic rings. The SMILES string of the molecule is CC/C=C\CC(C)C. The molecule has 0 rings (SSSR count). The molecule has 0 aliphatic heterocycles. The van der Waals surface area contributed by atoms with Crippen LogP contribution >= 0.6 is 0 Å². The van der Waals surface area contributed by atoms with Gasteiger partial charge in [-0.15, -0.1) is 0 Å². The quantitative estimate of drug-likeness (QED) is 0.492. The van der Waals surface area contributed by atoms with Gasteiger partial charge in [-0.1, -0.05) is 32.9 Å². The highest BCUT2D eigenvalue weighted by molar-refractivity contribution is 4.80. The topological polar surface area (TPSA) is 0 Å². The minimum Gasteiger partial charge on any atom is -0.0888 e. The van der Waals surface area contributed by atoms with Crippen LogP contribution in [0.1, 0.15) is 33.6 Å². The lowest BCUT2D eigenvalue weighted by molar-refractivity contribution is 0.662. The first-order valence-corrected chi connectivity index (χ1v) is 3.42. The predicted octanol–water partition coefficient (Wildman–Crippen LogP) is 3.00. The minimum atomic E-state index is 0.817. The van der Waals surface area contributed by atoms with E-state index in [2.05, 4.69) is 32.9 Å². The average molecular weight is 112 g/mol. The molecular formula is C8H16. The van der Waals surface area contributed by atoms with Crippen molar-refractivity contribution in [2.75, 3.05) is 0 Å². The largest absolute Gasteiger partial charge is 0.0888 e. The van der Waals surface area contributed by atoms with Gasteiger partial charge in [0, 0.05) is 0 Å². The van der Waals surface area contributed by atoms with Gasteiger partial charge in [0.15, 0.2) is 0 Å². The van der Waals surface area contributed by atoms with Gasteiger partial charge in [-0.3, -0.25) is 0 Å². The van der Waals surface area contributed by atoms with E-state index in [9.17, 15) is 0 Å². The van der Waals surface area contributed by atoms with Crippen molar-refractivity contribution in [2.45, 2.75) is 33.6 Å². The maximum atomic E-state index is 2.25. The van der Waals surface area contributed by atoms with Gasteiger partial charge in [-0.05, 0) is 18.8 Å². The molecular weight excluding hydrogens is 96.1 g/mol. The van der Waals surface area contributed by atoms with Crippen LogP contribution in [0.5, 0.6) is 0 Å². The smallest absolute Gasteiger partial charge is 0.0327 e. The van der Waals surface area contributed by atoms with Gasteiger partial charge in [0.05, 0.1) is 0 Å². The number of rotatable bonds is 3. The van der Waals surface area contributed by atoms with Crippen LogP contribution in [0.25, 0.3) is 0 Å². The zero-order valence-corrected chi connectivity index (χ0v) is 6.15. The Balaban J connectivity index is 3.03. The lowest BCUT2D eigenvalue weighted by Gasteiger charge is -1.94. The molecule has 0 aromatic heterocycles. The summed E-state index contributed by atoms with van der Waals surface area (Å²) in [4.78, 5) is 0. The van der Waals surface area contributed by atoms with Crippen molar-refractivity contribution in [3.63, 3.8) is 0 Å². The Kier molecular flexibility index (Phi) is 4.73. The monoisotopic (exact) mass is 112 g/mol. The summed E-state index contributed by atoms with van der Waals surface area (Å²) in [7, 11) is 0. The molecule has 0 heterocycles. The van der Waals surface area contributed by atoms with Crippen molar-refractivity contribution in [3.8, 4) is 0 Å². The first kappa shape index (κ1) is 7.74. The second-order valence-corrected chi connectivity index (χ2v) is 2.51. The van der Waals surface area contributed by atoms with E-state index in [1.165, 1.54) is 12.8 Å². The molecule has 0 fully saturated rings. The van der Waals surface area contributed by atoms with Crippen molar-refractivity contribution in [1.29, 1.82) is 0 Å². The molecule has 0 nitrogen and oxygen atoms in total. The molecule has 0 aromatic rings. The standard InChI is InChI=1S/C8H16/c1-4-5-6-7-8(2)3/h5-6,8H,4,7H2,1-3H3/b6-5-. The van der Waals surface area contributed by atoms with Gasteiger partial charge >= 0.3 is 0 Å². The molecule has 0 radical (unpaired) electrons. The van der Waals surface area contributed by atoms with E-state index in [1.54, 1.807) is 0 Å². The summed E-state index contributed by atoms with van der Waals surface area (Å²) in [6.07, 6.45) is 6.88. The lowest BCUT2D eigenvalue weighted by atomic mass is 10.1. The molecule has 0 saturated heterocycles. The highest BCUT2D eigenvalue weighted by Gasteiger charge is 1.84. The summed E-state index contributed by atoms with van der Waals surface area (Å²) < 4.78 is 0. The fraction of sp³-hybridized carbons (Fsp3) is 0.750. The fourth-order valence-corrected chi connectivity index (χ4v) is 0.535. The Bertz CT molecular complexity index is 60.4. The molecule has 0 heteroatoms. The highest BCUT2D eigenvalue weighted by atomic mass is 13.9. The van der Waals surface area contributed by atoms with Crippen LogP contribution in [0.2, 0.25) is 0 Å². The molecule has 48 valence electrons. The highest BCUT2D eigenvalue weighted by Crippen LogP contribution is 1.99. The second-order valence-electron chi connectivity index (χ2n) is 2.51. The molecule has 0 spiro atoms. The van der Waals surface area contributed by atoms with Crippen molar-refractivity contribution in [2.24, 2.45) is 5.92 Å². The Labute approximate surface area is 52.6 Å². The van der Waals surface area contributed by atoms with Gasteiger partial charge in [-0.2, -0.15) is 0 Å². The predicted molar refractivity (Wildman–Crippen MR) is 38.9 cm³/mol. The van der Waals surface area contributed by atoms with Crippen LogP contribution in [0.4, 0.5) is 0 Å². The average Bonchev–Trinajstić information content (AvgIpc) is 1.66. The van der Waals surface area contributed by atoms with Gasteiger partial charge in [0.1, 0.15) is 0 Å². The first-order valence-electron chi connectivity index (χ1n) is 3.42. The Morgan fingerprint density at radius 1 is 1.25 bits per heavy atom. The molecule has 0 bridgehead atoms. The van der Waals surface area contributed by atoms with Gasteiger partial charge in [0.25, 0.3) is 0 Å². The van der Waals surface area contributed by atoms with Crippen LogP contribution in [-0.4, -0.2) is 0 Å². The van der Waals surface area contributed by atoms with Crippen LogP contribution < -0.4 is 0 Å². The zero-order valence-electron chi connectivity index (χ0n) is 6.15. The minimum absolute atomic E-state index is 0.817. The van der Waals surface area contributed by atoms with E-state index in [0.717, 1.165) is 5.92 Å². The van der Waals surface area contributed by atoms with Crippen molar-refractivity contribution < 1.29 is 0 Å². The van der Waals surface area contributed by atoms with E-state index >= 15 is 0 Å². The van der Waals surface area contributed by atoms with Gasteiger partial charge < -0.3 is 0 Å². The Morgan fingerprint density at radius 2 is 1.88 bits per heavy atom. The summed E-state index contributed by atoms with van der Waals surface area (Å²) in [5, 5.41) is 0. The van der Waals surface area contributed by atoms with Crippen LogP contribution in [0.3, 0.4) is 0 Å². The first-order chi connectivity index (χ1) is 3.77. The second kappa shape index (κ2) is 4.89. The molecule has 0 amide bonds. The number of allylic oxidation sites excluding steroid dienone is 2. The third-order valence-corrected chi connectivity index (χ3v) is 1.01. The van der Waals surface area contributed by atoms with Crippen LogP contribution in [0.15, 0.2) is 12.2 Å². The molecule has 0 atom stereocenters. The summed E-state index contributed by atoms with van der Waals surface area (Å²) >= 11 is 0. The Morgan fingerprint density at radius 3 is 2.25 bits per heavy atom. The van der Waals surface area contributed by atoms with Crippen molar-refractivity contribution in [3.05, 3.63) is 12.2 Å². The molecule has 8 heavy (non-hydrogen) atoms. The van der Waals surface area contributed by atoms with Crippen LogP contribution in [0, 0.1) is 5.92 Å². The van der Waals surface area contributed by atoms with E-state index in [0.29, 0.717) is 0 Å². The summed E-state index contributed by atoms with van der Waals surface area (Å²) in [6, 6.07) is 0. The zero-order chi connectivity index (χ0) is 6.41. The molecule has 0 saturated carbocycles. The Hall–Kier alpha value is -0.260. The van der Waals surface area contributed by atoms with E-state index in [1.807, 2.05) is 0 Å². The van der Waals surface area contributed by atoms with E-state index in [4.69, 9.17) is 0 Å². The third kappa shape index (κ3) is 5.74. The summed E-state index contributed by atoms with van der Waals surface area (Å²) in [5.74, 6) is 0.817. The molecule has 0 N–H and O–H groups in total. The summed E-state index contributed by atoms with van der Waals surface area (Å²) in [6.45, 7) is 6.64. The maximum absolute atomic E-state index is 2.25. The maximum Gasteiger partial charge on any atom is -0.0327 e. The molecule has 0 unspecified atom stereocenters. The third-order valence-electron chi connectivity index (χ3n) is 1.01. The number of hydrogen-bond acceptors (Lipinski definition) is 0. The fourth-order valence-electron chi connectivity index (χ4n) is 0.535. The van der Waals surface area contributed by atoms with Crippen molar-refractivity contribution >= 4 is 0 Å². The number of hydrogen-bond donors (Lipinski definition) is 0. The van der Waals surface area contributed by atoms with Gasteiger partial charge in [0.2, 0.25) is 0 Å². The van der Waals surface area contributed by atoms with Gasteiger partial charge in [-0.25, -0.2) is 0 Å². The molecule has 0 aromatic carbocycles. The van der Waals surface area contributed by atoms with Crippen LogP contribution in [-0.2, 0) is 0 Å².